The van der Waals surface area contributed by atoms with Crippen molar-refractivity contribution in [2.45, 2.75) is 32.6 Å². The van der Waals surface area contributed by atoms with Crippen LogP contribution in [-0.2, 0) is 4.79 Å². The minimum atomic E-state index is -0.0488. The van der Waals surface area contributed by atoms with Crippen molar-refractivity contribution in [2.24, 2.45) is 11.1 Å². The molecular weight excluding hydrogens is 238 g/mol. The Kier molecular flexibility index (Phi) is 3.87. The molecule has 3 N–H and O–H groups in total. The molecule has 1 aliphatic rings. The van der Waals surface area contributed by atoms with Gasteiger partial charge in [-0.1, -0.05) is 18.6 Å². The van der Waals surface area contributed by atoms with Crippen molar-refractivity contribution in [1.82, 2.24) is 0 Å². The Bertz CT molecular complexity index is 521. The number of aryl methyl sites for hydroxylation is 1. The van der Waals surface area contributed by atoms with Crippen LogP contribution in [0.25, 0.3) is 0 Å². The van der Waals surface area contributed by atoms with Crippen LogP contribution in [0.15, 0.2) is 18.2 Å². The molecule has 4 nitrogen and oxygen atoms in total. The Morgan fingerprint density at radius 1 is 1.53 bits per heavy atom. The molecule has 1 aromatic rings. The molecule has 0 aliphatic heterocycles. The molecule has 19 heavy (non-hydrogen) atoms. The third kappa shape index (κ3) is 2.77. The van der Waals surface area contributed by atoms with Crippen LogP contribution in [0.1, 0.15) is 36.8 Å². The van der Waals surface area contributed by atoms with Crippen molar-refractivity contribution in [3.05, 3.63) is 29.3 Å². The summed E-state index contributed by atoms with van der Waals surface area (Å²) in [6, 6.07) is 7.60. The maximum atomic E-state index is 12.1. The van der Waals surface area contributed by atoms with E-state index in [1.54, 1.807) is 6.07 Å². The average molecular weight is 257 g/mol. The molecule has 100 valence electrons. The highest BCUT2D eigenvalue weighted by atomic mass is 16.1. The fraction of sp³-hybridized carbons (Fsp3) is 0.467. The van der Waals surface area contributed by atoms with Crippen molar-refractivity contribution in [3.63, 3.8) is 0 Å². The second-order valence-electron chi connectivity index (χ2n) is 5.39. The molecule has 1 aliphatic carbocycles. The van der Waals surface area contributed by atoms with Crippen LogP contribution in [0.3, 0.4) is 0 Å². The minimum Gasteiger partial charge on any atom is -0.330 e. The summed E-state index contributed by atoms with van der Waals surface area (Å²) in [6.45, 7) is 2.42. The first-order valence-electron chi connectivity index (χ1n) is 6.60. The van der Waals surface area contributed by atoms with Gasteiger partial charge in [-0.05, 0) is 43.4 Å². The van der Waals surface area contributed by atoms with Crippen LogP contribution in [0.5, 0.6) is 0 Å². The number of rotatable bonds is 4. The number of nitrogens with two attached hydrogens (primary N) is 1. The fourth-order valence-corrected chi connectivity index (χ4v) is 2.59. The van der Waals surface area contributed by atoms with Gasteiger partial charge in [0.15, 0.2) is 0 Å². The quantitative estimate of drug-likeness (QED) is 0.868. The molecule has 0 unspecified atom stereocenters. The van der Waals surface area contributed by atoms with Gasteiger partial charge in [0.05, 0.1) is 11.3 Å². The van der Waals surface area contributed by atoms with Gasteiger partial charge in [0.2, 0.25) is 5.91 Å². The SMILES string of the molecule is Cc1cccc(NC(=O)CC2(CN)CCC2)c1C#N. The normalized spacial score (nSPS) is 16.3. The molecule has 1 aromatic carbocycles. The number of amides is 1. The lowest BCUT2D eigenvalue weighted by molar-refractivity contribution is -0.119. The standard InChI is InChI=1S/C15H19N3O/c1-11-4-2-5-13(12(11)9-16)18-14(19)8-15(10-17)6-3-7-15/h2,4-5H,3,6-8,10,17H2,1H3,(H,18,19). The largest absolute Gasteiger partial charge is 0.330 e. The average Bonchev–Trinajstić information content (AvgIpc) is 2.34. The van der Waals surface area contributed by atoms with Crippen LogP contribution in [0.2, 0.25) is 0 Å². The highest BCUT2D eigenvalue weighted by Gasteiger charge is 2.37. The van der Waals surface area contributed by atoms with Crippen LogP contribution in [0.4, 0.5) is 5.69 Å². The number of anilines is 1. The van der Waals surface area contributed by atoms with Crippen LogP contribution < -0.4 is 11.1 Å². The van der Waals surface area contributed by atoms with E-state index in [1.165, 1.54) is 0 Å². The van der Waals surface area contributed by atoms with Gasteiger partial charge in [-0.2, -0.15) is 5.26 Å². The van der Waals surface area contributed by atoms with Gasteiger partial charge in [0.25, 0.3) is 0 Å². The zero-order chi connectivity index (χ0) is 13.9. The first kappa shape index (κ1) is 13.6. The van der Waals surface area contributed by atoms with Gasteiger partial charge in [-0.25, -0.2) is 0 Å². The summed E-state index contributed by atoms with van der Waals surface area (Å²) in [5.74, 6) is -0.0488. The number of carbonyl (C=O) groups excluding carboxylic acids is 1. The molecular formula is C15H19N3O. The Balaban J connectivity index is 2.07. The number of carbonyl (C=O) groups is 1. The second kappa shape index (κ2) is 5.41. The van der Waals surface area contributed by atoms with Gasteiger partial charge in [0, 0.05) is 6.42 Å². The Morgan fingerprint density at radius 3 is 2.79 bits per heavy atom. The van der Waals surface area contributed by atoms with E-state index < -0.39 is 0 Å². The first-order valence-corrected chi connectivity index (χ1v) is 6.60. The van der Waals surface area contributed by atoms with Crippen LogP contribution in [-0.4, -0.2) is 12.5 Å². The van der Waals surface area contributed by atoms with Gasteiger partial charge in [-0.15, -0.1) is 0 Å². The van der Waals surface area contributed by atoms with Gasteiger partial charge in [-0.3, -0.25) is 4.79 Å². The first-order chi connectivity index (χ1) is 9.10. The summed E-state index contributed by atoms with van der Waals surface area (Å²) in [6.07, 6.45) is 3.65. The number of nitrogens with one attached hydrogen (secondary N) is 1. The van der Waals surface area contributed by atoms with Crippen molar-refractivity contribution < 1.29 is 4.79 Å². The highest BCUT2D eigenvalue weighted by Crippen LogP contribution is 2.43. The molecule has 1 fully saturated rings. The van der Waals surface area contributed by atoms with Crippen molar-refractivity contribution in [2.75, 3.05) is 11.9 Å². The Hall–Kier alpha value is -1.86. The molecule has 0 radical (unpaired) electrons. The summed E-state index contributed by atoms with van der Waals surface area (Å²) >= 11 is 0. The summed E-state index contributed by atoms with van der Waals surface area (Å²) in [5.41, 5.74) is 7.75. The van der Waals surface area contributed by atoms with E-state index in [0.717, 1.165) is 24.8 Å². The molecule has 0 atom stereocenters. The second-order valence-corrected chi connectivity index (χ2v) is 5.39. The lowest BCUT2D eigenvalue weighted by Crippen LogP contribution is -2.40. The maximum absolute atomic E-state index is 12.1. The zero-order valence-corrected chi connectivity index (χ0v) is 11.2. The molecule has 0 spiro atoms. The molecule has 4 heteroatoms. The van der Waals surface area contributed by atoms with Crippen LogP contribution in [0, 0.1) is 23.7 Å². The van der Waals surface area contributed by atoms with Crippen molar-refractivity contribution in [3.8, 4) is 6.07 Å². The number of nitrogens with zero attached hydrogens (tertiary/aromatic N) is 1. The Labute approximate surface area is 113 Å². The topological polar surface area (TPSA) is 78.9 Å². The third-order valence-corrected chi connectivity index (χ3v) is 4.04. The van der Waals surface area contributed by atoms with E-state index in [1.807, 2.05) is 19.1 Å². The highest BCUT2D eigenvalue weighted by molar-refractivity contribution is 5.92. The number of benzene rings is 1. The third-order valence-electron chi connectivity index (χ3n) is 4.04. The summed E-state index contributed by atoms with van der Waals surface area (Å²) in [7, 11) is 0. The zero-order valence-electron chi connectivity index (χ0n) is 11.2. The molecule has 1 amide bonds. The van der Waals surface area contributed by atoms with Gasteiger partial charge < -0.3 is 11.1 Å². The number of nitriles is 1. The molecule has 1 saturated carbocycles. The fourth-order valence-electron chi connectivity index (χ4n) is 2.59. The maximum Gasteiger partial charge on any atom is 0.225 e. The number of hydrogen-bond donors (Lipinski definition) is 2. The number of hydrogen-bond acceptors (Lipinski definition) is 3. The predicted octanol–water partition coefficient (Wildman–Crippen LogP) is 2.32. The monoisotopic (exact) mass is 257 g/mol. The summed E-state index contributed by atoms with van der Waals surface area (Å²) in [5, 5.41) is 12.0. The van der Waals surface area contributed by atoms with Crippen LogP contribution >= 0.6 is 0 Å². The lowest BCUT2D eigenvalue weighted by Gasteiger charge is -2.40. The summed E-state index contributed by atoms with van der Waals surface area (Å²) in [4.78, 5) is 12.1. The van der Waals surface area contributed by atoms with E-state index >= 15 is 0 Å². The minimum absolute atomic E-state index is 0.0132. The van der Waals surface area contributed by atoms with E-state index in [9.17, 15) is 4.79 Å². The predicted molar refractivity (Wildman–Crippen MR) is 74.5 cm³/mol. The molecule has 2 rings (SSSR count). The van der Waals surface area contributed by atoms with Crippen molar-refractivity contribution in [1.29, 1.82) is 5.26 Å². The van der Waals surface area contributed by atoms with Gasteiger partial charge >= 0.3 is 0 Å². The molecule has 0 heterocycles. The molecule has 0 bridgehead atoms. The smallest absolute Gasteiger partial charge is 0.225 e. The van der Waals surface area contributed by atoms with E-state index in [4.69, 9.17) is 11.0 Å². The van der Waals surface area contributed by atoms with Gasteiger partial charge in [0.1, 0.15) is 6.07 Å². The Morgan fingerprint density at radius 2 is 2.26 bits per heavy atom. The summed E-state index contributed by atoms with van der Waals surface area (Å²) < 4.78 is 0. The van der Waals surface area contributed by atoms with Crippen molar-refractivity contribution >= 4 is 11.6 Å². The van der Waals surface area contributed by atoms with E-state index in [0.29, 0.717) is 24.2 Å². The van der Waals surface area contributed by atoms with E-state index in [-0.39, 0.29) is 11.3 Å². The lowest BCUT2D eigenvalue weighted by atomic mass is 9.66. The van der Waals surface area contributed by atoms with E-state index in [2.05, 4.69) is 11.4 Å². The molecule has 0 aromatic heterocycles. The molecule has 0 saturated heterocycles.